The summed E-state index contributed by atoms with van der Waals surface area (Å²) in [5.74, 6) is 0. The van der Waals surface area contributed by atoms with Gasteiger partial charge in [0.15, 0.2) is 0 Å². The van der Waals surface area contributed by atoms with Gasteiger partial charge in [-0.15, -0.1) is 0 Å². The standard InChI is InChI=1S/C14H24N2/c1-4-15-9-11-16(3)10-8-14-7-5-6-13(2)12-14/h5-7,12,15H,4,8-11H2,1-3H3. The van der Waals surface area contributed by atoms with E-state index < -0.39 is 0 Å². The van der Waals surface area contributed by atoms with E-state index in [2.05, 4.69) is 55.4 Å². The fourth-order valence-electron chi connectivity index (χ4n) is 1.75. The van der Waals surface area contributed by atoms with E-state index in [9.17, 15) is 0 Å². The topological polar surface area (TPSA) is 15.3 Å². The lowest BCUT2D eigenvalue weighted by Gasteiger charge is -2.16. The van der Waals surface area contributed by atoms with Gasteiger partial charge >= 0.3 is 0 Å². The molecule has 0 fully saturated rings. The van der Waals surface area contributed by atoms with E-state index >= 15 is 0 Å². The maximum atomic E-state index is 3.34. The van der Waals surface area contributed by atoms with Crippen molar-refractivity contribution in [3.63, 3.8) is 0 Å². The van der Waals surface area contributed by atoms with Crippen molar-refractivity contribution in [1.29, 1.82) is 0 Å². The highest BCUT2D eigenvalue weighted by Gasteiger charge is 1.99. The van der Waals surface area contributed by atoms with Gasteiger partial charge < -0.3 is 10.2 Å². The fraction of sp³-hybridized carbons (Fsp3) is 0.571. The predicted octanol–water partition coefficient (Wildman–Crippen LogP) is 2.08. The predicted molar refractivity (Wildman–Crippen MR) is 70.9 cm³/mol. The Bertz CT molecular complexity index is 297. The number of hydrogen-bond donors (Lipinski definition) is 1. The fourth-order valence-corrected chi connectivity index (χ4v) is 1.75. The second kappa shape index (κ2) is 7.42. The highest BCUT2D eigenvalue weighted by molar-refractivity contribution is 5.22. The molecule has 0 aliphatic rings. The molecule has 0 aliphatic carbocycles. The first-order valence-corrected chi connectivity index (χ1v) is 6.17. The van der Waals surface area contributed by atoms with Crippen LogP contribution in [0.2, 0.25) is 0 Å². The van der Waals surface area contributed by atoms with Crippen molar-refractivity contribution < 1.29 is 0 Å². The van der Waals surface area contributed by atoms with Crippen LogP contribution in [-0.4, -0.2) is 38.1 Å². The van der Waals surface area contributed by atoms with Crippen LogP contribution in [0.3, 0.4) is 0 Å². The lowest BCUT2D eigenvalue weighted by atomic mass is 10.1. The van der Waals surface area contributed by atoms with Gasteiger partial charge in [0, 0.05) is 19.6 Å². The van der Waals surface area contributed by atoms with E-state index in [1.807, 2.05) is 0 Å². The molecule has 0 radical (unpaired) electrons. The van der Waals surface area contributed by atoms with Crippen molar-refractivity contribution >= 4 is 0 Å². The third-order valence-electron chi connectivity index (χ3n) is 2.78. The molecule has 0 bridgehead atoms. The zero-order chi connectivity index (χ0) is 11.8. The molecule has 0 heterocycles. The van der Waals surface area contributed by atoms with Crippen molar-refractivity contribution in [2.75, 3.05) is 33.2 Å². The van der Waals surface area contributed by atoms with Crippen molar-refractivity contribution in [2.45, 2.75) is 20.3 Å². The molecule has 0 saturated carbocycles. The minimum absolute atomic E-state index is 1.06. The van der Waals surface area contributed by atoms with E-state index in [-0.39, 0.29) is 0 Å². The average molecular weight is 220 g/mol. The molecule has 90 valence electrons. The highest BCUT2D eigenvalue weighted by Crippen LogP contribution is 2.04. The highest BCUT2D eigenvalue weighted by atomic mass is 15.1. The van der Waals surface area contributed by atoms with Crippen LogP contribution in [0.4, 0.5) is 0 Å². The van der Waals surface area contributed by atoms with E-state index in [0.717, 1.165) is 32.6 Å². The van der Waals surface area contributed by atoms with Crippen LogP contribution in [0.1, 0.15) is 18.1 Å². The summed E-state index contributed by atoms with van der Waals surface area (Å²) in [4.78, 5) is 2.38. The molecule has 1 aromatic rings. The van der Waals surface area contributed by atoms with Gasteiger partial charge in [0.05, 0.1) is 0 Å². The maximum absolute atomic E-state index is 3.34. The Morgan fingerprint density at radius 3 is 2.75 bits per heavy atom. The molecule has 2 nitrogen and oxygen atoms in total. The Morgan fingerprint density at radius 2 is 2.06 bits per heavy atom. The van der Waals surface area contributed by atoms with Gasteiger partial charge in [-0.2, -0.15) is 0 Å². The smallest absolute Gasteiger partial charge is 0.0104 e. The summed E-state index contributed by atoms with van der Waals surface area (Å²) in [6.07, 6.45) is 1.14. The molecule has 1 N–H and O–H groups in total. The molecule has 0 atom stereocenters. The Kier molecular flexibility index (Phi) is 6.12. The first-order chi connectivity index (χ1) is 7.72. The average Bonchev–Trinajstić information content (AvgIpc) is 2.27. The largest absolute Gasteiger partial charge is 0.316 e. The summed E-state index contributed by atoms with van der Waals surface area (Å²) >= 11 is 0. The molecule has 0 aliphatic heterocycles. The monoisotopic (exact) mass is 220 g/mol. The lowest BCUT2D eigenvalue weighted by Crippen LogP contribution is -2.30. The van der Waals surface area contributed by atoms with Crippen molar-refractivity contribution in [1.82, 2.24) is 10.2 Å². The first-order valence-electron chi connectivity index (χ1n) is 6.17. The molecule has 0 amide bonds. The van der Waals surface area contributed by atoms with Crippen molar-refractivity contribution in [2.24, 2.45) is 0 Å². The molecule has 1 aromatic carbocycles. The van der Waals surface area contributed by atoms with Crippen LogP contribution in [0.5, 0.6) is 0 Å². The molecule has 2 heteroatoms. The van der Waals surface area contributed by atoms with Gasteiger partial charge in [-0.1, -0.05) is 36.8 Å². The quantitative estimate of drug-likeness (QED) is 0.708. The summed E-state index contributed by atoms with van der Waals surface area (Å²) in [7, 11) is 2.19. The van der Waals surface area contributed by atoms with E-state index in [1.54, 1.807) is 0 Å². The number of benzene rings is 1. The Labute approximate surface area is 99.7 Å². The maximum Gasteiger partial charge on any atom is 0.0104 e. The number of likely N-dealkylation sites (N-methyl/N-ethyl adjacent to an activating group) is 2. The second-order valence-electron chi connectivity index (χ2n) is 4.40. The van der Waals surface area contributed by atoms with E-state index in [4.69, 9.17) is 0 Å². The van der Waals surface area contributed by atoms with Crippen LogP contribution in [0.15, 0.2) is 24.3 Å². The zero-order valence-corrected chi connectivity index (χ0v) is 10.8. The van der Waals surface area contributed by atoms with Gasteiger partial charge in [-0.25, -0.2) is 0 Å². The Hall–Kier alpha value is -0.860. The van der Waals surface area contributed by atoms with Crippen LogP contribution < -0.4 is 5.32 Å². The summed E-state index contributed by atoms with van der Waals surface area (Å²) in [6.45, 7) is 8.70. The Balaban J connectivity index is 2.23. The number of nitrogens with zero attached hydrogens (tertiary/aromatic N) is 1. The summed E-state index contributed by atoms with van der Waals surface area (Å²) in [5.41, 5.74) is 2.79. The minimum Gasteiger partial charge on any atom is -0.316 e. The zero-order valence-electron chi connectivity index (χ0n) is 10.8. The third-order valence-corrected chi connectivity index (χ3v) is 2.78. The number of aryl methyl sites for hydroxylation is 1. The molecule has 0 unspecified atom stereocenters. The normalized spacial score (nSPS) is 11.0. The SMILES string of the molecule is CCNCCN(C)CCc1cccc(C)c1. The van der Waals surface area contributed by atoms with E-state index in [0.29, 0.717) is 0 Å². The number of rotatable bonds is 7. The minimum atomic E-state index is 1.06. The van der Waals surface area contributed by atoms with Crippen molar-refractivity contribution in [3.8, 4) is 0 Å². The number of hydrogen-bond acceptors (Lipinski definition) is 2. The third kappa shape index (κ3) is 5.29. The first kappa shape index (κ1) is 13.2. The van der Waals surface area contributed by atoms with Crippen LogP contribution in [0, 0.1) is 6.92 Å². The van der Waals surface area contributed by atoms with Crippen LogP contribution in [0.25, 0.3) is 0 Å². The molecule has 0 spiro atoms. The molecular weight excluding hydrogens is 196 g/mol. The van der Waals surface area contributed by atoms with E-state index in [1.165, 1.54) is 11.1 Å². The molecule has 16 heavy (non-hydrogen) atoms. The van der Waals surface area contributed by atoms with Crippen LogP contribution >= 0.6 is 0 Å². The van der Waals surface area contributed by atoms with Gasteiger partial charge in [0.25, 0.3) is 0 Å². The van der Waals surface area contributed by atoms with Gasteiger partial charge in [-0.05, 0) is 32.5 Å². The van der Waals surface area contributed by atoms with Crippen LogP contribution in [-0.2, 0) is 6.42 Å². The molecule has 0 saturated heterocycles. The number of nitrogens with one attached hydrogen (secondary N) is 1. The van der Waals surface area contributed by atoms with Crippen molar-refractivity contribution in [3.05, 3.63) is 35.4 Å². The molecule has 1 rings (SSSR count). The van der Waals surface area contributed by atoms with Gasteiger partial charge in [0.2, 0.25) is 0 Å². The van der Waals surface area contributed by atoms with Gasteiger partial charge in [-0.3, -0.25) is 0 Å². The molecular formula is C14H24N2. The molecule has 0 aromatic heterocycles. The summed E-state index contributed by atoms with van der Waals surface area (Å²) < 4.78 is 0. The summed E-state index contributed by atoms with van der Waals surface area (Å²) in [6, 6.07) is 8.78. The lowest BCUT2D eigenvalue weighted by molar-refractivity contribution is 0.337. The Morgan fingerprint density at radius 1 is 1.25 bits per heavy atom. The summed E-state index contributed by atoms with van der Waals surface area (Å²) in [5, 5.41) is 3.34. The second-order valence-corrected chi connectivity index (χ2v) is 4.40. The van der Waals surface area contributed by atoms with Gasteiger partial charge in [0.1, 0.15) is 0 Å².